The van der Waals surface area contributed by atoms with Crippen molar-refractivity contribution in [2.24, 2.45) is 0 Å². The summed E-state index contributed by atoms with van der Waals surface area (Å²) in [6, 6.07) is 0. The number of methoxy groups -OCH3 is 1. The molecule has 6 nitrogen and oxygen atoms in total. The summed E-state index contributed by atoms with van der Waals surface area (Å²) in [4.78, 5) is 20.1. The second-order valence-electron chi connectivity index (χ2n) is 5.36. The van der Waals surface area contributed by atoms with Gasteiger partial charge >= 0.3 is 5.97 Å². The van der Waals surface area contributed by atoms with Crippen molar-refractivity contribution in [3.05, 3.63) is 6.33 Å². The van der Waals surface area contributed by atoms with Crippen LogP contribution in [0.1, 0.15) is 34.1 Å². The molecule has 1 aromatic heterocycles. The minimum atomic E-state index is -0.485. The van der Waals surface area contributed by atoms with E-state index >= 15 is 0 Å². The number of carbonyl (C=O) groups is 1. The molecule has 0 saturated carbocycles. The van der Waals surface area contributed by atoms with Crippen molar-refractivity contribution >= 4 is 23.5 Å². The fourth-order valence-electron chi connectivity index (χ4n) is 1.51. The molecule has 0 amide bonds. The van der Waals surface area contributed by atoms with Gasteiger partial charge in [-0.15, -0.1) is 0 Å². The molecule has 0 fully saturated rings. The zero-order valence-electron chi connectivity index (χ0n) is 13.2. The molecule has 0 bridgehead atoms. The predicted molar refractivity (Wildman–Crippen MR) is 83.9 cm³/mol. The lowest BCUT2D eigenvalue weighted by Gasteiger charge is -2.19. The average Bonchev–Trinajstić information content (AvgIpc) is 2.40. The highest BCUT2D eigenvalue weighted by Crippen LogP contribution is 2.32. The van der Waals surface area contributed by atoms with Gasteiger partial charge in [-0.05, 0) is 27.2 Å². The first-order valence-electron chi connectivity index (χ1n) is 6.85. The lowest BCUT2D eigenvalue weighted by Crippen LogP contribution is -2.24. The Bertz CT molecular complexity index is 475. The van der Waals surface area contributed by atoms with E-state index in [-0.39, 0.29) is 11.7 Å². The largest absolute Gasteiger partial charge is 0.490 e. The Labute approximate surface area is 130 Å². The average molecular weight is 313 g/mol. The van der Waals surface area contributed by atoms with Crippen molar-refractivity contribution in [2.75, 3.05) is 24.7 Å². The van der Waals surface area contributed by atoms with Crippen LogP contribution >= 0.6 is 11.8 Å². The number of nitrogens with one attached hydrogen (secondary N) is 1. The van der Waals surface area contributed by atoms with Gasteiger partial charge in [-0.25, -0.2) is 9.97 Å². The van der Waals surface area contributed by atoms with E-state index in [9.17, 15) is 4.79 Å². The molecule has 0 radical (unpaired) electrons. The third kappa shape index (κ3) is 6.20. The summed E-state index contributed by atoms with van der Waals surface area (Å²) in [5.41, 5.74) is -0.485. The summed E-state index contributed by atoms with van der Waals surface area (Å²) in [6.07, 6.45) is 2.44. The number of nitrogens with zero attached hydrogens (tertiary/aromatic N) is 2. The van der Waals surface area contributed by atoms with E-state index < -0.39 is 5.60 Å². The molecule has 1 heterocycles. The van der Waals surface area contributed by atoms with E-state index in [0.717, 1.165) is 13.0 Å². The quantitative estimate of drug-likeness (QED) is 0.471. The van der Waals surface area contributed by atoms with Crippen LogP contribution in [0.3, 0.4) is 0 Å². The van der Waals surface area contributed by atoms with Crippen molar-refractivity contribution in [3.63, 3.8) is 0 Å². The second-order valence-corrected chi connectivity index (χ2v) is 6.33. The third-order valence-electron chi connectivity index (χ3n) is 2.26. The molecule has 1 rings (SSSR count). The van der Waals surface area contributed by atoms with E-state index in [2.05, 4.69) is 22.2 Å². The highest BCUT2D eigenvalue weighted by Gasteiger charge is 2.18. The number of rotatable bonds is 7. The second kappa shape index (κ2) is 8.07. The van der Waals surface area contributed by atoms with Gasteiger partial charge in [-0.1, -0.05) is 18.7 Å². The van der Waals surface area contributed by atoms with Crippen LogP contribution in [-0.2, 0) is 9.53 Å². The molecule has 21 heavy (non-hydrogen) atoms. The fourth-order valence-corrected chi connectivity index (χ4v) is 2.26. The molecule has 1 aromatic rings. The lowest BCUT2D eigenvalue weighted by atomic mass is 10.2. The number of aromatic nitrogens is 2. The SMILES string of the molecule is CCCNc1ncnc(SCC(=O)OC(C)(C)C)c1OC. The van der Waals surface area contributed by atoms with Crippen molar-refractivity contribution in [1.29, 1.82) is 0 Å². The van der Waals surface area contributed by atoms with Crippen LogP contribution in [0.15, 0.2) is 11.4 Å². The number of hydrogen-bond donors (Lipinski definition) is 1. The molecule has 0 saturated heterocycles. The lowest BCUT2D eigenvalue weighted by molar-refractivity contribution is -0.151. The Morgan fingerprint density at radius 2 is 2.10 bits per heavy atom. The van der Waals surface area contributed by atoms with Gasteiger partial charge < -0.3 is 14.8 Å². The van der Waals surface area contributed by atoms with E-state index in [1.807, 2.05) is 20.8 Å². The fraction of sp³-hybridized carbons (Fsp3) is 0.643. The van der Waals surface area contributed by atoms with E-state index in [1.54, 1.807) is 7.11 Å². The topological polar surface area (TPSA) is 73.3 Å². The predicted octanol–water partition coefficient (Wildman–Crippen LogP) is 2.74. The molecule has 0 aliphatic heterocycles. The van der Waals surface area contributed by atoms with Crippen LogP contribution in [-0.4, -0.2) is 40.9 Å². The van der Waals surface area contributed by atoms with Crippen LogP contribution in [0.2, 0.25) is 0 Å². The Morgan fingerprint density at radius 1 is 1.38 bits per heavy atom. The summed E-state index contributed by atoms with van der Waals surface area (Å²) in [5.74, 6) is 1.09. The number of thioether (sulfide) groups is 1. The van der Waals surface area contributed by atoms with Crippen molar-refractivity contribution in [2.45, 2.75) is 44.7 Å². The molecular formula is C14H23N3O3S. The van der Waals surface area contributed by atoms with Crippen molar-refractivity contribution in [3.8, 4) is 5.75 Å². The molecule has 118 valence electrons. The molecule has 0 aromatic carbocycles. The van der Waals surface area contributed by atoms with Crippen LogP contribution in [0.25, 0.3) is 0 Å². The van der Waals surface area contributed by atoms with Gasteiger partial charge in [0.2, 0.25) is 0 Å². The van der Waals surface area contributed by atoms with E-state index in [0.29, 0.717) is 16.6 Å². The summed E-state index contributed by atoms with van der Waals surface area (Å²) in [6.45, 7) is 8.39. The van der Waals surface area contributed by atoms with Crippen LogP contribution in [0.4, 0.5) is 5.82 Å². The number of esters is 1. The van der Waals surface area contributed by atoms with Gasteiger partial charge in [0, 0.05) is 6.54 Å². The van der Waals surface area contributed by atoms with Crippen molar-refractivity contribution < 1.29 is 14.3 Å². The summed E-state index contributed by atoms with van der Waals surface area (Å²) in [5, 5.41) is 3.80. The summed E-state index contributed by atoms with van der Waals surface area (Å²) in [7, 11) is 1.56. The Kier molecular flexibility index (Phi) is 6.74. The molecule has 0 atom stereocenters. The molecule has 7 heteroatoms. The monoisotopic (exact) mass is 313 g/mol. The molecule has 0 aliphatic carbocycles. The van der Waals surface area contributed by atoms with Crippen LogP contribution in [0, 0.1) is 0 Å². The van der Waals surface area contributed by atoms with Crippen LogP contribution < -0.4 is 10.1 Å². The number of carbonyl (C=O) groups excluding carboxylic acids is 1. The minimum absolute atomic E-state index is 0.178. The number of ether oxygens (including phenoxy) is 2. The minimum Gasteiger partial charge on any atom is -0.490 e. The van der Waals surface area contributed by atoms with Gasteiger partial charge in [0.25, 0.3) is 0 Å². The maximum atomic E-state index is 11.7. The van der Waals surface area contributed by atoms with Gasteiger partial charge in [-0.2, -0.15) is 0 Å². The van der Waals surface area contributed by atoms with Gasteiger partial charge in [0.1, 0.15) is 17.0 Å². The maximum absolute atomic E-state index is 11.7. The summed E-state index contributed by atoms with van der Waals surface area (Å²) < 4.78 is 10.6. The molecule has 1 N–H and O–H groups in total. The summed E-state index contributed by atoms with van der Waals surface area (Å²) >= 11 is 1.28. The number of anilines is 1. The van der Waals surface area contributed by atoms with E-state index in [1.165, 1.54) is 18.1 Å². The highest BCUT2D eigenvalue weighted by atomic mass is 32.2. The Balaban J connectivity index is 2.72. The molecular weight excluding hydrogens is 290 g/mol. The van der Waals surface area contributed by atoms with Gasteiger partial charge in [0.05, 0.1) is 12.9 Å². The Hall–Kier alpha value is -1.50. The number of hydrogen-bond acceptors (Lipinski definition) is 7. The van der Waals surface area contributed by atoms with Gasteiger partial charge in [0.15, 0.2) is 11.6 Å². The smallest absolute Gasteiger partial charge is 0.316 e. The first-order chi connectivity index (χ1) is 9.87. The normalized spacial score (nSPS) is 11.1. The zero-order valence-corrected chi connectivity index (χ0v) is 14.0. The molecule has 0 spiro atoms. The molecule has 0 unspecified atom stereocenters. The van der Waals surface area contributed by atoms with Crippen LogP contribution in [0.5, 0.6) is 5.75 Å². The standard InChI is InChI=1S/C14H23N3O3S/c1-6-7-15-12-11(19-5)13(17-9-16-12)21-8-10(18)20-14(2,3)4/h9H,6-8H2,1-5H3,(H,15,16,17). The highest BCUT2D eigenvalue weighted by molar-refractivity contribution is 8.00. The van der Waals surface area contributed by atoms with Gasteiger partial charge in [-0.3, -0.25) is 4.79 Å². The third-order valence-corrected chi connectivity index (χ3v) is 3.21. The first-order valence-corrected chi connectivity index (χ1v) is 7.83. The zero-order chi connectivity index (χ0) is 15.9. The first kappa shape index (κ1) is 17.6. The molecule has 0 aliphatic rings. The maximum Gasteiger partial charge on any atom is 0.316 e. The van der Waals surface area contributed by atoms with E-state index in [4.69, 9.17) is 9.47 Å². The van der Waals surface area contributed by atoms with Crippen molar-refractivity contribution in [1.82, 2.24) is 9.97 Å². The Morgan fingerprint density at radius 3 is 2.67 bits per heavy atom.